The molecule has 0 aliphatic heterocycles. The number of carbonyl (C=O) groups is 1. The number of pyridine rings is 1. The molecular weight excluding hydrogens is 290 g/mol. The van der Waals surface area contributed by atoms with E-state index in [1.807, 2.05) is 24.3 Å². The normalized spacial score (nSPS) is 15.8. The lowest BCUT2D eigenvalue weighted by Gasteiger charge is -2.13. The Hall–Kier alpha value is -1.32. The highest BCUT2D eigenvalue weighted by molar-refractivity contribution is 8.01. The average molecular weight is 304 g/mol. The minimum absolute atomic E-state index is 0.225. The molecule has 102 valence electrons. The van der Waals surface area contributed by atoms with Gasteiger partial charge in [-0.2, -0.15) is 0 Å². The summed E-state index contributed by atoms with van der Waals surface area (Å²) in [7, 11) is 0. The Morgan fingerprint density at radius 3 is 2.40 bits per heavy atom. The van der Waals surface area contributed by atoms with Crippen LogP contribution in [0.1, 0.15) is 28.8 Å². The summed E-state index contributed by atoms with van der Waals surface area (Å²) in [5.74, 6) is 1.08. The summed E-state index contributed by atoms with van der Waals surface area (Å²) in [6.45, 7) is 0. The Labute approximate surface area is 127 Å². The molecule has 2 nitrogen and oxygen atoms in total. The van der Waals surface area contributed by atoms with Crippen molar-refractivity contribution in [1.82, 2.24) is 4.98 Å². The summed E-state index contributed by atoms with van der Waals surface area (Å²) in [4.78, 5) is 16.6. The van der Waals surface area contributed by atoms with Gasteiger partial charge in [0.1, 0.15) is 0 Å². The van der Waals surface area contributed by atoms with E-state index < -0.39 is 0 Å². The Balaban J connectivity index is 1.69. The van der Waals surface area contributed by atoms with Gasteiger partial charge in [0.05, 0.1) is 4.75 Å². The first-order valence-corrected chi connectivity index (χ1v) is 7.89. The van der Waals surface area contributed by atoms with Crippen molar-refractivity contribution in [3.63, 3.8) is 0 Å². The Morgan fingerprint density at radius 1 is 1.15 bits per heavy atom. The largest absolute Gasteiger partial charge is 0.293 e. The summed E-state index contributed by atoms with van der Waals surface area (Å²) < 4.78 is -0.225. The van der Waals surface area contributed by atoms with E-state index in [1.165, 1.54) is 5.56 Å². The van der Waals surface area contributed by atoms with E-state index >= 15 is 0 Å². The van der Waals surface area contributed by atoms with Gasteiger partial charge in [0.25, 0.3) is 0 Å². The molecule has 0 N–H and O–H groups in total. The fourth-order valence-electron chi connectivity index (χ4n) is 2.12. The van der Waals surface area contributed by atoms with E-state index in [9.17, 15) is 4.79 Å². The van der Waals surface area contributed by atoms with Gasteiger partial charge in [0, 0.05) is 28.7 Å². The highest BCUT2D eigenvalue weighted by Gasteiger charge is 2.50. The lowest BCUT2D eigenvalue weighted by atomic mass is 10.1. The molecule has 4 heteroatoms. The van der Waals surface area contributed by atoms with Crippen LogP contribution in [0.3, 0.4) is 0 Å². The fraction of sp³-hybridized carbons (Fsp3) is 0.250. The summed E-state index contributed by atoms with van der Waals surface area (Å²) >= 11 is 7.60. The van der Waals surface area contributed by atoms with Crippen LogP contribution in [0.2, 0.25) is 5.02 Å². The maximum atomic E-state index is 12.6. The van der Waals surface area contributed by atoms with Crippen molar-refractivity contribution in [2.45, 2.75) is 23.3 Å². The number of thioether (sulfide) groups is 1. The predicted molar refractivity (Wildman–Crippen MR) is 83.3 cm³/mol. The number of Topliss-reactive ketones (excluding diaryl/α,β-unsaturated/α-hetero) is 1. The van der Waals surface area contributed by atoms with Gasteiger partial charge in [-0.05, 0) is 54.8 Å². The van der Waals surface area contributed by atoms with Crippen LogP contribution in [0.5, 0.6) is 0 Å². The zero-order valence-electron chi connectivity index (χ0n) is 10.9. The summed E-state index contributed by atoms with van der Waals surface area (Å²) in [6, 6.07) is 11.2. The van der Waals surface area contributed by atoms with Crippen molar-refractivity contribution in [3.05, 3.63) is 64.9 Å². The zero-order chi connectivity index (χ0) is 14.0. The maximum Gasteiger partial charge on any atom is 0.178 e. The van der Waals surface area contributed by atoms with Crippen molar-refractivity contribution in [2.75, 3.05) is 0 Å². The number of aromatic nitrogens is 1. The molecule has 0 unspecified atom stereocenters. The standard InChI is InChI=1S/C16H14ClNOS/c17-14-3-1-13(2-4-14)15(19)16(7-8-16)20-11-12-5-9-18-10-6-12/h1-6,9-10H,7-8,11H2. The molecule has 0 saturated heterocycles. The van der Waals surface area contributed by atoms with Crippen LogP contribution >= 0.6 is 23.4 Å². The van der Waals surface area contributed by atoms with Crippen LogP contribution in [0.25, 0.3) is 0 Å². The first-order chi connectivity index (χ1) is 9.70. The van der Waals surface area contributed by atoms with Crippen LogP contribution in [-0.2, 0) is 5.75 Å². The predicted octanol–water partition coefficient (Wildman–Crippen LogP) is 4.38. The molecule has 0 bridgehead atoms. The van der Waals surface area contributed by atoms with E-state index in [0.717, 1.165) is 24.2 Å². The topological polar surface area (TPSA) is 30.0 Å². The van der Waals surface area contributed by atoms with Gasteiger partial charge in [0.2, 0.25) is 0 Å². The molecule has 1 fully saturated rings. The highest BCUT2D eigenvalue weighted by atomic mass is 35.5. The second-order valence-electron chi connectivity index (χ2n) is 4.97. The second kappa shape index (κ2) is 5.58. The van der Waals surface area contributed by atoms with Crippen molar-refractivity contribution in [3.8, 4) is 0 Å². The molecule has 1 heterocycles. The zero-order valence-corrected chi connectivity index (χ0v) is 12.5. The molecule has 1 saturated carbocycles. The molecule has 0 spiro atoms. The Kier molecular flexibility index (Phi) is 3.81. The SMILES string of the molecule is O=C(c1ccc(Cl)cc1)C1(SCc2ccncc2)CC1. The Bertz CT molecular complexity index is 608. The number of hydrogen-bond acceptors (Lipinski definition) is 3. The second-order valence-corrected chi connectivity index (χ2v) is 6.77. The first-order valence-electron chi connectivity index (χ1n) is 6.53. The van der Waals surface area contributed by atoms with Crippen LogP contribution in [0, 0.1) is 0 Å². The van der Waals surface area contributed by atoms with Gasteiger partial charge in [-0.15, -0.1) is 11.8 Å². The first kappa shape index (κ1) is 13.7. The van der Waals surface area contributed by atoms with E-state index in [4.69, 9.17) is 11.6 Å². The number of benzene rings is 1. The minimum atomic E-state index is -0.225. The van der Waals surface area contributed by atoms with Crippen LogP contribution in [-0.4, -0.2) is 15.5 Å². The Morgan fingerprint density at radius 2 is 1.80 bits per heavy atom. The highest BCUT2D eigenvalue weighted by Crippen LogP contribution is 2.51. The van der Waals surface area contributed by atoms with Gasteiger partial charge in [0.15, 0.2) is 5.78 Å². The van der Waals surface area contributed by atoms with E-state index in [2.05, 4.69) is 4.98 Å². The van der Waals surface area contributed by atoms with Crippen LogP contribution in [0.15, 0.2) is 48.8 Å². The molecule has 3 rings (SSSR count). The van der Waals surface area contributed by atoms with Gasteiger partial charge in [-0.1, -0.05) is 11.6 Å². The number of nitrogens with zero attached hydrogens (tertiary/aromatic N) is 1. The van der Waals surface area contributed by atoms with Crippen LogP contribution < -0.4 is 0 Å². The molecule has 0 radical (unpaired) electrons. The molecule has 1 aliphatic rings. The number of hydrogen-bond donors (Lipinski definition) is 0. The molecule has 0 atom stereocenters. The summed E-state index contributed by atoms with van der Waals surface area (Å²) in [5.41, 5.74) is 1.97. The number of halogens is 1. The molecule has 2 aromatic rings. The molecule has 20 heavy (non-hydrogen) atoms. The average Bonchev–Trinajstić information content (AvgIpc) is 3.28. The monoisotopic (exact) mass is 303 g/mol. The van der Waals surface area contributed by atoms with Gasteiger partial charge < -0.3 is 0 Å². The molecule has 1 aliphatic carbocycles. The number of carbonyl (C=O) groups excluding carboxylic acids is 1. The third kappa shape index (κ3) is 2.89. The van der Waals surface area contributed by atoms with E-state index in [0.29, 0.717) is 5.02 Å². The van der Waals surface area contributed by atoms with Gasteiger partial charge in [-0.25, -0.2) is 0 Å². The molecular formula is C16H14ClNOS. The van der Waals surface area contributed by atoms with Crippen molar-refractivity contribution < 1.29 is 4.79 Å². The van der Waals surface area contributed by atoms with E-state index in [1.54, 1.807) is 36.3 Å². The molecule has 1 aromatic heterocycles. The van der Waals surface area contributed by atoms with Crippen LogP contribution in [0.4, 0.5) is 0 Å². The molecule has 0 amide bonds. The minimum Gasteiger partial charge on any atom is -0.293 e. The lowest BCUT2D eigenvalue weighted by molar-refractivity contribution is 0.0981. The number of ketones is 1. The maximum absolute atomic E-state index is 12.6. The summed E-state index contributed by atoms with van der Waals surface area (Å²) in [5, 5.41) is 0.663. The van der Waals surface area contributed by atoms with E-state index in [-0.39, 0.29) is 10.5 Å². The third-order valence-electron chi connectivity index (χ3n) is 3.49. The van der Waals surface area contributed by atoms with Crippen molar-refractivity contribution in [2.24, 2.45) is 0 Å². The lowest BCUT2D eigenvalue weighted by Crippen LogP contribution is -2.19. The van der Waals surface area contributed by atoms with Crippen molar-refractivity contribution in [1.29, 1.82) is 0 Å². The fourth-order valence-corrected chi connectivity index (χ4v) is 3.52. The van der Waals surface area contributed by atoms with Crippen molar-refractivity contribution >= 4 is 29.1 Å². The third-order valence-corrected chi connectivity index (χ3v) is 5.36. The number of rotatable bonds is 5. The van der Waals surface area contributed by atoms with Gasteiger partial charge >= 0.3 is 0 Å². The summed E-state index contributed by atoms with van der Waals surface area (Å²) in [6.07, 6.45) is 5.50. The molecule has 1 aromatic carbocycles. The van der Waals surface area contributed by atoms with Gasteiger partial charge in [-0.3, -0.25) is 9.78 Å². The quantitative estimate of drug-likeness (QED) is 0.768. The smallest absolute Gasteiger partial charge is 0.178 e.